The third-order valence-electron chi connectivity index (χ3n) is 5.53. The van der Waals surface area contributed by atoms with Crippen LogP contribution in [-0.4, -0.2) is 34.7 Å². The number of primary amides is 1. The molecule has 1 aliphatic carbocycles. The molecule has 0 unspecified atom stereocenters. The summed E-state index contributed by atoms with van der Waals surface area (Å²) in [6, 6.07) is 10.3. The topological polar surface area (TPSA) is 122 Å². The summed E-state index contributed by atoms with van der Waals surface area (Å²) in [6.45, 7) is 0. The van der Waals surface area contributed by atoms with Crippen LogP contribution in [0, 0.1) is 0 Å². The van der Waals surface area contributed by atoms with Crippen LogP contribution in [-0.2, 0) is 0 Å². The number of hydrogen-bond acceptors (Lipinski definition) is 4. The molecule has 2 aromatic carbocycles. The maximum Gasteiger partial charge on any atom is 0.316 e. The van der Waals surface area contributed by atoms with E-state index in [4.69, 9.17) is 5.73 Å². The summed E-state index contributed by atoms with van der Waals surface area (Å²) in [5, 5.41) is 5.18. The number of nitrogens with two attached hydrogens (primary N) is 1. The van der Waals surface area contributed by atoms with Gasteiger partial charge in [0, 0.05) is 23.0 Å². The van der Waals surface area contributed by atoms with E-state index in [0.717, 1.165) is 32.1 Å². The van der Waals surface area contributed by atoms with E-state index < -0.39 is 11.9 Å². The number of urea groups is 1. The molecule has 30 heavy (non-hydrogen) atoms. The van der Waals surface area contributed by atoms with Gasteiger partial charge in [0.15, 0.2) is 0 Å². The summed E-state index contributed by atoms with van der Waals surface area (Å²) in [4.78, 5) is 50.5. The van der Waals surface area contributed by atoms with Crippen LogP contribution >= 0.6 is 0 Å². The summed E-state index contributed by atoms with van der Waals surface area (Å²) < 4.78 is 0. The van der Waals surface area contributed by atoms with Crippen molar-refractivity contribution in [3.05, 3.63) is 59.2 Å². The molecule has 2 aliphatic rings. The third-order valence-corrected chi connectivity index (χ3v) is 5.53. The number of carbonyl (C=O) groups excluding carboxylic acids is 4. The number of imide groups is 1. The molecule has 0 radical (unpaired) electrons. The van der Waals surface area contributed by atoms with E-state index in [1.54, 1.807) is 36.4 Å². The van der Waals surface area contributed by atoms with Crippen LogP contribution in [0.25, 0.3) is 0 Å². The number of nitrogens with one attached hydrogen (secondary N) is 2. The van der Waals surface area contributed by atoms with Gasteiger partial charge in [-0.3, -0.25) is 19.3 Å². The van der Waals surface area contributed by atoms with Gasteiger partial charge >= 0.3 is 6.03 Å². The molecule has 154 valence electrons. The predicted molar refractivity (Wildman–Crippen MR) is 111 cm³/mol. The Hall–Kier alpha value is -3.68. The van der Waals surface area contributed by atoms with E-state index in [2.05, 4.69) is 10.6 Å². The largest absolute Gasteiger partial charge is 0.351 e. The van der Waals surface area contributed by atoms with E-state index in [0.29, 0.717) is 22.5 Å². The average Bonchev–Trinajstić information content (AvgIpc) is 2.99. The van der Waals surface area contributed by atoms with Crippen LogP contribution in [0.2, 0.25) is 0 Å². The van der Waals surface area contributed by atoms with Gasteiger partial charge in [0.25, 0.3) is 17.7 Å². The zero-order chi connectivity index (χ0) is 21.3. The van der Waals surface area contributed by atoms with Gasteiger partial charge < -0.3 is 16.4 Å². The van der Waals surface area contributed by atoms with Crippen LogP contribution in [0.1, 0.15) is 63.2 Å². The van der Waals surface area contributed by atoms with Crippen LogP contribution in [0.5, 0.6) is 0 Å². The molecule has 8 nitrogen and oxygen atoms in total. The first-order valence-electron chi connectivity index (χ1n) is 9.94. The molecule has 0 atom stereocenters. The van der Waals surface area contributed by atoms with Crippen LogP contribution in [0.15, 0.2) is 42.5 Å². The fourth-order valence-corrected chi connectivity index (χ4v) is 4.05. The fraction of sp³-hybridized carbons (Fsp3) is 0.273. The highest BCUT2D eigenvalue weighted by Gasteiger charge is 2.40. The predicted octanol–water partition coefficient (Wildman–Crippen LogP) is 3.36. The maximum atomic E-state index is 12.9. The molecule has 0 saturated heterocycles. The van der Waals surface area contributed by atoms with Gasteiger partial charge in [-0.15, -0.1) is 0 Å². The van der Waals surface area contributed by atoms with E-state index in [1.807, 2.05) is 0 Å². The Morgan fingerprint density at radius 1 is 0.833 bits per heavy atom. The molecule has 5 amide bonds. The highest BCUT2D eigenvalue weighted by atomic mass is 16.2. The third kappa shape index (κ3) is 3.76. The average molecular weight is 406 g/mol. The first-order valence-corrected chi connectivity index (χ1v) is 9.94. The zero-order valence-electron chi connectivity index (χ0n) is 16.3. The maximum absolute atomic E-state index is 12.9. The monoisotopic (exact) mass is 406 g/mol. The van der Waals surface area contributed by atoms with Crippen molar-refractivity contribution in [3.63, 3.8) is 0 Å². The standard InChI is InChI=1S/C22H22N4O4/c23-22(30)25-15-9-7-14(8-10-15)24-19(27)13-6-11-17-18(12-13)21(29)26(20(17)28)16-4-2-1-3-5-16/h6-12,16H,1-5H2,(H,24,27)(H3,23,25,30). The molecule has 1 heterocycles. The van der Waals surface area contributed by atoms with Crippen molar-refractivity contribution in [1.82, 2.24) is 4.90 Å². The van der Waals surface area contributed by atoms with Crippen molar-refractivity contribution in [2.45, 2.75) is 38.1 Å². The lowest BCUT2D eigenvalue weighted by atomic mass is 9.94. The molecule has 1 aliphatic heterocycles. The SMILES string of the molecule is NC(=O)Nc1ccc(NC(=O)c2ccc3c(c2)C(=O)N(C2CCCCC2)C3=O)cc1. The number of benzene rings is 2. The number of amides is 5. The number of nitrogens with zero attached hydrogens (tertiary/aromatic N) is 1. The normalized spacial score (nSPS) is 16.3. The quantitative estimate of drug-likeness (QED) is 0.674. The Morgan fingerprint density at radius 2 is 1.43 bits per heavy atom. The van der Waals surface area contributed by atoms with E-state index in [1.165, 1.54) is 11.0 Å². The molecule has 8 heteroatoms. The van der Waals surface area contributed by atoms with Crippen molar-refractivity contribution < 1.29 is 19.2 Å². The summed E-state index contributed by atoms with van der Waals surface area (Å²) in [7, 11) is 0. The van der Waals surface area contributed by atoms with Gasteiger partial charge in [0.2, 0.25) is 0 Å². The minimum atomic E-state index is -0.675. The first-order chi connectivity index (χ1) is 14.4. The second kappa shape index (κ2) is 7.98. The highest BCUT2D eigenvalue weighted by Crippen LogP contribution is 2.31. The highest BCUT2D eigenvalue weighted by molar-refractivity contribution is 6.22. The van der Waals surface area contributed by atoms with Crippen LogP contribution in [0.3, 0.4) is 0 Å². The second-order valence-electron chi connectivity index (χ2n) is 7.55. The summed E-state index contributed by atoms with van der Waals surface area (Å²) >= 11 is 0. The van der Waals surface area contributed by atoms with Gasteiger partial charge in [-0.2, -0.15) is 0 Å². The molecule has 2 aromatic rings. The van der Waals surface area contributed by atoms with Gasteiger partial charge in [0.1, 0.15) is 0 Å². The van der Waals surface area contributed by atoms with Gasteiger partial charge in [-0.25, -0.2) is 4.79 Å². The molecule has 1 fully saturated rings. The Labute approximate surface area is 173 Å². The first kappa shape index (κ1) is 19.6. The number of carbonyl (C=O) groups is 4. The van der Waals surface area contributed by atoms with Crippen molar-refractivity contribution in [2.24, 2.45) is 5.73 Å². The van der Waals surface area contributed by atoms with E-state index in [-0.39, 0.29) is 23.4 Å². The van der Waals surface area contributed by atoms with Crippen LogP contribution in [0.4, 0.5) is 16.2 Å². The molecular formula is C22H22N4O4. The molecule has 4 N–H and O–H groups in total. The molecule has 0 bridgehead atoms. The van der Waals surface area contributed by atoms with Gasteiger partial charge in [-0.1, -0.05) is 19.3 Å². The lowest BCUT2D eigenvalue weighted by Gasteiger charge is -2.29. The summed E-state index contributed by atoms with van der Waals surface area (Å²) in [6.07, 6.45) is 4.82. The smallest absolute Gasteiger partial charge is 0.316 e. The number of rotatable bonds is 4. The summed E-state index contributed by atoms with van der Waals surface area (Å²) in [5.41, 5.74) is 7.01. The molecule has 0 spiro atoms. The Bertz CT molecular complexity index is 1030. The van der Waals surface area contributed by atoms with Crippen LogP contribution < -0.4 is 16.4 Å². The zero-order valence-corrected chi connectivity index (χ0v) is 16.3. The Balaban J connectivity index is 1.50. The number of hydrogen-bond donors (Lipinski definition) is 3. The van der Waals surface area contributed by atoms with Crippen molar-refractivity contribution in [2.75, 3.05) is 10.6 Å². The Kier molecular flexibility index (Phi) is 5.22. The van der Waals surface area contributed by atoms with Crippen molar-refractivity contribution in [1.29, 1.82) is 0 Å². The Morgan fingerprint density at radius 3 is 2.07 bits per heavy atom. The van der Waals surface area contributed by atoms with Gasteiger partial charge in [-0.05, 0) is 55.3 Å². The lowest BCUT2D eigenvalue weighted by molar-refractivity contribution is 0.0548. The van der Waals surface area contributed by atoms with Crippen molar-refractivity contribution >= 4 is 35.1 Å². The molecule has 4 rings (SSSR count). The minimum absolute atomic E-state index is 0.0593. The molecule has 1 saturated carbocycles. The summed E-state index contributed by atoms with van der Waals surface area (Å²) in [5.74, 6) is -0.991. The fourth-order valence-electron chi connectivity index (χ4n) is 4.05. The number of fused-ring (bicyclic) bond motifs is 1. The second-order valence-corrected chi connectivity index (χ2v) is 7.55. The molecule has 0 aromatic heterocycles. The van der Waals surface area contributed by atoms with Crippen molar-refractivity contribution in [3.8, 4) is 0 Å². The van der Waals surface area contributed by atoms with E-state index >= 15 is 0 Å². The minimum Gasteiger partial charge on any atom is -0.351 e. The molecular weight excluding hydrogens is 384 g/mol. The number of anilines is 2. The lowest BCUT2D eigenvalue weighted by Crippen LogP contribution is -2.40. The van der Waals surface area contributed by atoms with E-state index in [9.17, 15) is 19.2 Å². The van der Waals surface area contributed by atoms with Gasteiger partial charge in [0.05, 0.1) is 11.1 Å².